The predicted molar refractivity (Wildman–Crippen MR) is 52.7 cm³/mol. The molecule has 5 heteroatoms. The lowest BCUT2D eigenvalue weighted by Gasteiger charge is -1.96. The van der Waals surface area contributed by atoms with E-state index in [1.165, 1.54) is 12.1 Å². The van der Waals surface area contributed by atoms with Crippen molar-refractivity contribution in [2.24, 2.45) is 0 Å². The number of aromatic nitrogens is 1. The third kappa shape index (κ3) is 1.48. The Labute approximate surface area is 85.3 Å². The fourth-order valence-electron chi connectivity index (χ4n) is 1.23. The largest absolute Gasteiger partial charge is 0.508 e. The van der Waals surface area contributed by atoms with E-state index < -0.39 is 0 Å². The van der Waals surface area contributed by atoms with Crippen molar-refractivity contribution in [1.82, 2.24) is 5.16 Å². The second-order valence-electron chi connectivity index (χ2n) is 2.93. The lowest BCUT2D eigenvalue weighted by atomic mass is 10.1. The Kier molecular flexibility index (Phi) is 2.03. The van der Waals surface area contributed by atoms with Crippen molar-refractivity contribution in [1.29, 1.82) is 5.26 Å². The van der Waals surface area contributed by atoms with Gasteiger partial charge in [0.25, 0.3) is 0 Å². The topological polar surface area (TPSA) is 96.1 Å². The number of nitrogens with zero attached hydrogens (tertiary/aromatic N) is 2. The van der Waals surface area contributed by atoms with Gasteiger partial charge in [-0.05, 0) is 24.3 Å². The number of nitrogens with two attached hydrogens (primary N) is 1. The second-order valence-corrected chi connectivity index (χ2v) is 2.93. The van der Waals surface area contributed by atoms with Gasteiger partial charge in [0.1, 0.15) is 23.1 Å². The summed E-state index contributed by atoms with van der Waals surface area (Å²) in [5.41, 5.74) is 6.68. The highest BCUT2D eigenvalue weighted by Crippen LogP contribution is 2.27. The van der Waals surface area contributed by atoms with E-state index in [0.717, 1.165) is 0 Å². The number of phenolic OH excluding ortho intramolecular Hbond substituents is 1. The number of hydrogen-bond acceptors (Lipinski definition) is 5. The van der Waals surface area contributed by atoms with E-state index in [1.54, 1.807) is 12.1 Å². The van der Waals surface area contributed by atoms with Gasteiger partial charge in [-0.1, -0.05) is 5.16 Å². The van der Waals surface area contributed by atoms with Gasteiger partial charge in [-0.2, -0.15) is 5.26 Å². The molecule has 5 nitrogen and oxygen atoms in total. The van der Waals surface area contributed by atoms with Crippen LogP contribution in [0.4, 0.5) is 5.88 Å². The van der Waals surface area contributed by atoms with Crippen molar-refractivity contribution < 1.29 is 9.63 Å². The number of benzene rings is 1. The highest BCUT2D eigenvalue weighted by molar-refractivity contribution is 5.71. The fourth-order valence-corrected chi connectivity index (χ4v) is 1.23. The van der Waals surface area contributed by atoms with Gasteiger partial charge < -0.3 is 15.4 Å². The summed E-state index contributed by atoms with van der Waals surface area (Å²) in [6, 6.07) is 8.18. The number of aromatic hydroxyl groups is 1. The summed E-state index contributed by atoms with van der Waals surface area (Å²) in [6.07, 6.45) is 0. The summed E-state index contributed by atoms with van der Waals surface area (Å²) in [6.45, 7) is 0. The molecule has 15 heavy (non-hydrogen) atoms. The van der Waals surface area contributed by atoms with Gasteiger partial charge in [-0.15, -0.1) is 0 Å². The Hall–Kier alpha value is -2.48. The lowest BCUT2D eigenvalue weighted by Crippen LogP contribution is -1.86. The minimum Gasteiger partial charge on any atom is -0.508 e. The van der Waals surface area contributed by atoms with E-state index in [2.05, 4.69) is 5.16 Å². The molecule has 0 fully saturated rings. The normalized spacial score (nSPS) is 9.80. The van der Waals surface area contributed by atoms with Crippen LogP contribution in [0.1, 0.15) is 5.56 Å². The molecule has 0 saturated heterocycles. The SMILES string of the molecule is N#Cc1c(-c2ccc(O)cc2)noc1N. The number of anilines is 1. The van der Waals surface area contributed by atoms with Crippen LogP contribution in [0.25, 0.3) is 11.3 Å². The summed E-state index contributed by atoms with van der Waals surface area (Å²) in [7, 11) is 0. The number of rotatable bonds is 1. The van der Waals surface area contributed by atoms with Gasteiger partial charge in [0.15, 0.2) is 0 Å². The van der Waals surface area contributed by atoms with E-state index in [0.29, 0.717) is 11.3 Å². The Morgan fingerprint density at radius 2 is 2.00 bits per heavy atom. The number of nitriles is 1. The third-order valence-corrected chi connectivity index (χ3v) is 1.97. The summed E-state index contributed by atoms with van der Waals surface area (Å²) in [4.78, 5) is 0. The van der Waals surface area contributed by atoms with Crippen LogP contribution in [0.3, 0.4) is 0 Å². The zero-order valence-electron chi connectivity index (χ0n) is 7.64. The predicted octanol–water partition coefficient (Wildman–Crippen LogP) is 1.50. The average Bonchev–Trinajstić information content (AvgIpc) is 2.61. The molecular formula is C10H7N3O2. The lowest BCUT2D eigenvalue weighted by molar-refractivity contribution is 0.439. The molecule has 1 heterocycles. The van der Waals surface area contributed by atoms with Gasteiger partial charge in [0, 0.05) is 5.56 Å². The van der Waals surface area contributed by atoms with E-state index in [1.807, 2.05) is 6.07 Å². The zero-order valence-corrected chi connectivity index (χ0v) is 7.64. The van der Waals surface area contributed by atoms with Gasteiger partial charge in [-0.3, -0.25) is 0 Å². The molecule has 0 amide bonds. The number of phenols is 1. The molecule has 0 radical (unpaired) electrons. The third-order valence-electron chi connectivity index (χ3n) is 1.97. The maximum Gasteiger partial charge on any atom is 0.240 e. The monoisotopic (exact) mass is 201 g/mol. The van der Waals surface area contributed by atoms with Crippen LogP contribution in [0, 0.1) is 11.3 Å². The Morgan fingerprint density at radius 3 is 2.60 bits per heavy atom. The van der Waals surface area contributed by atoms with E-state index in [4.69, 9.17) is 20.6 Å². The maximum absolute atomic E-state index is 9.10. The Morgan fingerprint density at radius 1 is 1.33 bits per heavy atom. The van der Waals surface area contributed by atoms with E-state index in [9.17, 15) is 0 Å². The van der Waals surface area contributed by atoms with Gasteiger partial charge >= 0.3 is 0 Å². The maximum atomic E-state index is 9.10. The van der Waals surface area contributed by atoms with Crippen LogP contribution in [0.2, 0.25) is 0 Å². The van der Waals surface area contributed by atoms with Crippen LogP contribution >= 0.6 is 0 Å². The van der Waals surface area contributed by atoms with Gasteiger partial charge in [0.2, 0.25) is 5.88 Å². The van der Waals surface area contributed by atoms with Crippen LogP contribution in [0.5, 0.6) is 5.75 Å². The second kappa shape index (κ2) is 3.35. The van der Waals surface area contributed by atoms with E-state index in [-0.39, 0.29) is 17.2 Å². The summed E-state index contributed by atoms with van der Waals surface area (Å²) in [5.74, 6) is 0.147. The molecule has 0 aliphatic heterocycles. The Bertz CT molecular complexity index is 523. The van der Waals surface area contributed by atoms with E-state index >= 15 is 0 Å². The Balaban J connectivity index is 2.55. The molecule has 1 aromatic carbocycles. The molecule has 0 unspecified atom stereocenters. The molecule has 74 valence electrons. The molecule has 0 aliphatic rings. The van der Waals surface area contributed by atoms with Gasteiger partial charge in [-0.25, -0.2) is 0 Å². The first-order valence-corrected chi connectivity index (χ1v) is 4.17. The molecule has 0 spiro atoms. The fraction of sp³-hybridized carbons (Fsp3) is 0. The smallest absolute Gasteiger partial charge is 0.240 e. The molecule has 0 aliphatic carbocycles. The molecule has 2 rings (SSSR count). The van der Waals surface area contributed by atoms with Crippen molar-refractivity contribution >= 4 is 5.88 Å². The number of nitrogen functional groups attached to an aromatic ring is 1. The van der Waals surface area contributed by atoms with Crippen molar-refractivity contribution in [2.45, 2.75) is 0 Å². The molecule has 2 aromatic rings. The zero-order chi connectivity index (χ0) is 10.8. The highest BCUT2D eigenvalue weighted by atomic mass is 16.5. The van der Waals surface area contributed by atoms with Crippen LogP contribution < -0.4 is 5.73 Å². The van der Waals surface area contributed by atoms with Crippen molar-refractivity contribution in [2.75, 3.05) is 5.73 Å². The standard InChI is InChI=1S/C10H7N3O2/c11-5-8-9(13-15-10(8)12)6-1-3-7(14)4-2-6/h1-4,14H,12H2. The first kappa shape index (κ1) is 9.09. The van der Waals surface area contributed by atoms with Crippen LogP contribution in [0.15, 0.2) is 28.8 Å². The summed E-state index contributed by atoms with van der Waals surface area (Å²) in [5, 5.41) is 21.6. The molecular weight excluding hydrogens is 194 g/mol. The van der Waals surface area contributed by atoms with Crippen LogP contribution in [-0.2, 0) is 0 Å². The first-order valence-electron chi connectivity index (χ1n) is 4.17. The highest BCUT2D eigenvalue weighted by Gasteiger charge is 2.14. The quantitative estimate of drug-likeness (QED) is 0.728. The molecule has 0 saturated carbocycles. The average molecular weight is 201 g/mol. The van der Waals surface area contributed by atoms with Crippen LogP contribution in [-0.4, -0.2) is 10.3 Å². The molecule has 0 atom stereocenters. The summed E-state index contributed by atoms with van der Waals surface area (Å²) < 4.78 is 4.71. The van der Waals surface area contributed by atoms with Crippen molar-refractivity contribution in [3.8, 4) is 23.1 Å². The minimum absolute atomic E-state index is 0.000532. The first-order chi connectivity index (χ1) is 7.22. The number of hydrogen-bond donors (Lipinski definition) is 2. The molecule has 3 N–H and O–H groups in total. The minimum atomic E-state index is 0.000532. The molecule has 1 aromatic heterocycles. The van der Waals surface area contributed by atoms with Crippen molar-refractivity contribution in [3.05, 3.63) is 29.8 Å². The van der Waals surface area contributed by atoms with Gasteiger partial charge in [0.05, 0.1) is 0 Å². The van der Waals surface area contributed by atoms with Crippen molar-refractivity contribution in [3.63, 3.8) is 0 Å². The summed E-state index contributed by atoms with van der Waals surface area (Å²) >= 11 is 0. The molecule has 0 bridgehead atoms.